The van der Waals surface area contributed by atoms with E-state index in [4.69, 9.17) is 5.73 Å². The normalized spacial score (nSPS) is 10.9. The van der Waals surface area contributed by atoms with Crippen molar-refractivity contribution in [3.63, 3.8) is 0 Å². The lowest BCUT2D eigenvalue weighted by atomic mass is 10.2. The Balaban J connectivity index is 0.00000169. The molecule has 1 aromatic rings. The molecule has 0 amide bonds. The second-order valence-electron chi connectivity index (χ2n) is 2.40. The van der Waals surface area contributed by atoms with Crippen molar-refractivity contribution in [1.29, 1.82) is 0 Å². The van der Waals surface area contributed by atoms with Crippen LogP contribution in [0, 0.1) is 0 Å². The monoisotopic (exact) mass is 243 g/mol. The number of rotatable bonds is 2. The van der Waals surface area contributed by atoms with Crippen LogP contribution in [0.15, 0.2) is 29.2 Å². The minimum Gasteiger partial charge on any atom is -0.326 e. The van der Waals surface area contributed by atoms with Crippen molar-refractivity contribution < 1.29 is 13.2 Å². The summed E-state index contributed by atoms with van der Waals surface area (Å²) in [6.45, 7) is 0.344. The molecule has 6 heteroatoms. The maximum atomic E-state index is 11.9. The predicted molar refractivity (Wildman–Crippen MR) is 53.5 cm³/mol. The highest BCUT2D eigenvalue weighted by molar-refractivity contribution is 8.00. The molecule has 14 heavy (non-hydrogen) atoms. The first kappa shape index (κ1) is 13.6. The van der Waals surface area contributed by atoms with Gasteiger partial charge in [-0.15, -0.1) is 12.4 Å². The van der Waals surface area contributed by atoms with Gasteiger partial charge in [0, 0.05) is 11.4 Å². The van der Waals surface area contributed by atoms with E-state index in [0.717, 1.165) is 5.56 Å². The molecule has 1 rings (SSSR count). The van der Waals surface area contributed by atoms with Crippen LogP contribution in [-0.2, 0) is 6.54 Å². The Labute approximate surface area is 90.3 Å². The first-order valence-electron chi connectivity index (χ1n) is 3.56. The van der Waals surface area contributed by atoms with Crippen LogP contribution in [0.4, 0.5) is 13.2 Å². The van der Waals surface area contributed by atoms with Gasteiger partial charge in [0.2, 0.25) is 0 Å². The Morgan fingerprint density at radius 3 is 2.00 bits per heavy atom. The zero-order valence-corrected chi connectivity index (χ0v) is 8.68. The average molecular weight is 244 g/mol. The summed E-state index contributed by atoms with van der Waals surface area (Å²) in [5, 5.41) is 0. The van der Waals surface area contributed by atoms with Crippen molar-refractivity contribution >= 4 is 24.2 Å². The van der Waals surface area contributed by atoms with Gasteiger partial charge in [0.15, 0.2) is 0 Å². The van der Waals surface area contributed by atoms with Crippen molar-refractivity contribution in [2.24, 2.45) is 5.73 Å². The molecule has 1 nitrogen and oxygen atoms in total. The van der Waals surface area contributed by atoms with Gasteiger partial charge in [0.1, 0.15) is 0 Å². The molecule has 0 saturated carbocycles. The summed E-state index contributed by atoms with van der Waals surface area (Å²) in [6.07, 6.45) is 0. The molecule has 0 fully saturated rings. The van der Waals surface area contributed by atoms with E-state index in [-0.39, 0.29) is 29.1 Å². The van der Waals surface area contributed by atoms with Crippen LogP contribution < -0.4 is 5.73 Å². The summed E-state index contributed by atoms with van der Waals surface area (Å²) < 4.78 is 35.6. The fourth-order valence-corrected chi connectivity index (χ4v) is 1.37. The van der Waals surface area contributed by atoms with Crippen LogP contribution in [0.25, 0.3) is 0 Å². The number of halogens is 4. The summed E-state index contributed by atoms with van der Waals surface area (Å²) in [7, 11) is 0. The third-order valence-corrected chi connectivity index (χ3v) is 2.13. The van der Waals surface area contributed by atoms with Gasteiger partial charge >= 0.3 is 5.51 Å². The van der Waals surface area contributed by atoms with Crippen LogP contribution in [0.3, 0.4) is 0 Å². The third kappa shape index (κ3) is 4.74. The summed E-state index contributed by atoms with van der Waals surface area (Å²) in [6, 6.07) is 6.02. The third-order valence-electron chi connectivity index (χ3n) is 1.39. The molecule has 80 valence electrons. The molecule has 0 bridgehead atoms. The summed E-state index contributed by atoms with van der Waals surface area (Å²) in [4.78, 5) is 0.185. The van der Waals surface area contributed by atoms with Gasteiger partial charge in [-0.2, -0.15) is 13.2 Å². The first-order chi connectivity index (χ1) is 6.01. The summed E-state index contributed by atoms with van der Waals surface area (Å²) in [5.74, 6) is 0. The van der Waals surface area contributed by atoms with Crippen LogP contribution >= 0.6 is 24.2 Å². The number of hydrogen-bond acceptors (Lipinski definition) is 2. The van der Waals surface area contributed by atoms with Gasteiger partial charge < -0.3 is 5.73 Å². The SMILES string of the molecule is Cl.NCc1ccc(SC(F)(F)F)cc1. The highest BCUT2D eigenvalue weighted by atomic mass is 35.5. The molecule has 1 aromatic carbocycles. The van der Waals surface area contributed by atoms with E-state index in [9.17, 15) is 13.2 Å². The number of hydrogen-bond donors (Lipinski definition) is 1. The van der Waals surface area contributed by atoms with Crippen LogP contribution in [0.1, 0.15) is 5.56 Å². The second-order valence-corrected chi connectivity index (χ2v) is 3.53. The molecule has 0 aliphatic rings. The lowest BCUT2D eigenvalue weighted by Gasteiger charge is -2.05. The smallest absolute Gasteiger partial charge is 0.326 e. The van der Waals surface area contributed by atoms with Crippen molar-refractivity contribution in [2.75, 3.05) is 0 Å². The van der Waals surface area contributed by atoms with E-state index in [1.165, 1.54) is 12.1 Å². The molecular formula is C8H9ClF3NS. The second kappa shape index (κ2) is 5.48. The van der Waals surface area contributed by atoms with E-state index in [1.54, 1.807) is 12.1 Å². The molecule has 0 aliphatic heterocycles. The predicted octanol–water partition coefficient (Wildman–Crippen LogP) is 3.18. The highest BCUT2D eigenvalue weighted by Crippen LogP contribution is 2.36. The first-order valence-corrected chi connectivity index (χ1v) is 4.37. The van der Waals surface area contributed by atoms with Gasteiger partial charge in [-0.3, -0.25) is 0 Å². The van der Waals surface area contributed by atoms with Crippen molar-refractivity contribution in [3.8, 4) is 0 Å². The summed E-state index contributed by atoms with van der Waals surface area (Å²) >= 11 is -0.121. The van der Waals surface area contributed by atoms with Gasteiger partial charge in [0.05, 0.1) is 0 Å². The lowest BCUT2D eigenvalue weighted by Crippen LogP contribution is -1.99. The Hall–Kier alpha value is -0.390. The van der Waals surface area contributed by atoms with E-state index in [2.05, 4.69) is 0 Å². The van der Waals surface area contributed by atoms with Crippen molar-refractivity contribution in [1.82, 2.24) is 0 Å². The minimum absolute atomic E-state index is 0. The van der Waals surface area contributed by atoms with Crippen molar-refractivity contribution in [3.05, 3.63) is 29.8 Å². The van der Waals surface area contributed by atoms with Gasteiger partial charge in [0.25, 0.3) is 0 Å². The number of alkyl halides is 3. The molecule has 0 saturated heterocycles. The Kier molecular flexibility index (Phi) is 5.33. The van der Waals surface area contributed by atoms with E-state index in [1.807, 2.05) is 0 Å². The molecule has 0 aliphatic carbocycles. The standard InChI is InChI=1S/C8H8F3NS.ClH/c9-8(10,11)13-7-3-1-6(5-12)2-4-7;/h1-4H,5,12H2;1H. The number of thioether (sulfide) groups is 1. The van der Waals surface area contributed by atoms with Crippen molar-refractivity contribution in [2.45, 2.75) is 16.9 Å². The zero-order valence-electron chi connectivity index (χ0n) is 7.04. The molecule has 2 N–H and O–H groups in total. The largest absolute Gasteiger partial charge is 0.446 e. The molecule has 0 radical (unpaired) electrons. The molecule has 0 heterocycles. The number of benzene rings is 1. The summed E-state index contributed by atoms with van der Waals surface area (Å²) in [5.41, 5.74) is 1.91. The molecule has 0 spiro atoms. The lowest BCUT2D eigenvalue weighted by molar-refractivity contribution is -0.0328. The van der Waals surface area contributed by atoms with Gasteiger partial charge in [-0.05, 0) is 29.5 Å². The van der Waals surface area contributed by atoms with Gasteiger partial charge in [-0.1, -0.05) is 12.1 Å². The van der Waals surface area contributed by atoms with Gasteiger partial charge in [-0.25, -0.2) is 0 Å². The van der Waals surface area contributed by atoms with E-state index >= 15 is 0 Å². The maximum absolute atomic E-state index is 11.9. The minimum atomic E-state index is -4.22. The fourth-order valence-electron chi connectivity index (χ4n) is 0.827. The van der Waals surface area contributed by atoms with E-state index < -0.39 is 5.51 Å². The molecule has 0 atom stereocenters. The fraction of sp³-hybridized carbons (Fsp3) is 0.250. The number of nitrogens with two attached hydrogens (primary N) is 1. The average Bonchev–Trinajstić information content (AvgIpc) is 2.03. The Morgan fingerprint density at radius 2 is 1.64 bits per heavy atom. The van der Waals surface area contributed by atoms with Crippen LogP contribution in [0.2, 0.25) is 0 Å². The highest BCUT2D eigenvalue weighted by Gasteiger charge is 2.28. The van der Waals surface area contributed by atoms with E-state index in [0.29, 0.717) is 6.54 Å². The Morgan fingerprint density at radius 1 is 1.14 bits per heavy atom. The topological polar surface area (TPSA) is 26.0 Å². The molecule has 0 aromatic heterocycles. The zero-order chi connectivity index (χ0) is 9.90. The molecular weight excluding hydrogens is 235 g/mol. The van der Waals surface area contributed by atoms with Crippen LogP contribution in [0.5, 0.6) is 0 Å². The Bertz CT molecular complexity index is 273. The molecule has 0 unspecified atom stereocenters. The quantitative estimate of drug-likeness (QED) is 0.808. The van der Waals surface area contributed by atoms with Crippen LogP contribution in [-0.4, -0.2) is 5.51 Å². The maximum Gasteiger partial charge on any atom is 0.446 e.